The number of methoxy groups -OCH3 is 1. The number of hydrogen-bond donors (Lipinski definition) is 1. The van der Waals surface area contributed by atoms with E-state index in [4.69, 9.17) is 21.1 Å². The number of nitrogens with one attached hydrogen (secondary N) is 1. The van der Waals surface area contributed by atoms with Gasteiger partial charge in [-0.05, 0) is 62.4 Å². The number of carbonyl (C=O) groups excluding carboxylic acids is 1. The molecule has 32 heavy (non-hydrogen) atoms. The summed E-state index contributed by atoms with van der Waals surface area (Å²) in [5.41, 5.74) is 2.50. The Hall–Kier alpha value is -2.71. The van der Waals surface area contributed by atoms with Crippen molar-refractivity contribution in [3.8, 4) is 17.2 Å². The molecule has 4 rings (SSSR count). The second-order valence-corrected chi connectivity index (χ2v) is 8.99. The molecule has 0 radical (unpaired) electrons. The second kappa shape index (κ2) is 10.3. The van der Waals surface area contributed by atoms with E-state index in [0.717, 1.165) is 24.1 Å². The van der Waals surface area contributed by atoms with E-state index < -0.39 is 0 Å². The van der Waals surface area contributed by atoms with Crippen LogP contribution < -0.4 is 14.8 Å². The first-order valence-electron chi connectivity index (χ1n) is 10.5. The summed E-state index contributed by atoms with van der Waals surface area (Å²) in [6.45, 7) is 1.95. The molecule has 9 heteroatoms. The van der Waals surface area contributed by atoms with Crippen molar-refractivity contribution < 1.29 is 14.3 Å². The molecule has 7 nitrogen and oxygen atoms in total. The van der Waals surface area contributed by atoms with E-state index in [9.17, 15) is 4.79 Å². The van der Waals surface area contributed by atoms with Crippen LogP contribution in [0.15, 0.2) is 47.9 Å². The van der Waals surface area contributed by atoms with Crippen LogP contribution in [0.5, 0.6) is 11.5 Å². The first-order chi connectivity index (χ1) is 15.5. The van der Waals surface area contributed by atoms with Crippen LogP contribution in [0.4, 0.5) is 5.69 Å². The van der Waals surface area contributed by atoms with Gasteiger partial charge in [-0.15, -0.1) is 10.2 Å². The van der Waals surface area contributed by atoms with Gasteiger partial charge in [0, 0.05) is 16.8 Å². The number of anilines is 1. The normalized spacial score (nSPS) is 13.8. The Labute approximate surface area is 196 Å². The highest BCUT2D eigenvalue weighted by atomic mass is 35.5. The van der Waals surface area contributed by atoms with Crippen LogP contribution in [0.25, 0.3) is 5.69 Å². The van der Waals surface area contributed by atoms with Crippen molar-refractivity contribution in [2.75, 3.05) is 18.2 Å². The van der Waals surface area contributed by atoms with E-state index in [0.29, 0.717) is 27.4 Å². The molecule has 1 fully saturated rings. The second-order valence-electron chi connectivity index (χ2n) is 7.64. The van der Waals surface area contributed by atoms with Crippen LogP contribution in [0.1, 0.15) is 31.2 Å². The number of amides is 1. The van der Waals surface area contributed by atoms with Crippen molar-refractivity contribution in [1.82, 2.24) is 14.8 Å². The molecule has 0 spiro atoms. The SMILES string of the molecule is COc1ccc(NC(=O)CSc2nncn2-c2ccc(C)c(Cl)c2)cc1OC1CCCC1. The van der Waals surface area contributed by atoms with Gasteiger partial charge in [0.2, 0.25) is 5.91 Å². The molecule has 0 unspecified atom stereocenters. The van der Waals surface area contributed by atoms with Gasteiger partial charge in [0.15, 0.2) is 16.7 Å². The fraction of sp³-hybridized carbons (Fsp3) is 0.348. The van der Waals surface area contributed by atoms with Crippen LogP contribution in [-0.2, 0) is 4.79 Å². The van der Waals surface area contributed by atoms with Crippen LogP contribution in [0, 0.1) is 6.92 Å². The van der Waals surface area contributed by atoms with E-state index in [-0.39, 0.29) is 17.8 Å². The molecule has 1 N–H and O–H groups in total. The third kappa shape index (κ3) is 5.37. The standard InChI is InChI=1S/C23H25ClN4O3S/c1-15-7-9-17(12-19(15)24)28-14-25-27-23(28)32-13-22(29)26-16-8-10-20(30-2)21(11-16)31-18-5-3-4-6-18/h7-12,14,18H,3-6,13H2,1-2H3,(H,26,29). The molecule has 0 bridgehead atoms. The van der Waals surface area contributed by atoms with Crippen molar-refractivity contribution in [3.63, 3.8) is 0 Å². The fourth-order valence-corrected chi connectivity index (χ4v) is 4.49. The highest BCUT2D eigenvalue weighted by Gasteiger charge is 2.19. The molecule has 0 atom stereocenters. The summed E-state index contributed by atoms with van der Waals surface area (Å²) in [5.74, 6) is 1.35. The van der Waals surface area contributed by atoms with Gasteiger partial charge < -0.3 is 14.8 Å². The number of rotatable bonds is 8. The third-order valence-corrected chi connectivity index (χ3v) is 6.68. The summed E-state index contributed by atoms with van der Waals surface area (Å²) in [6, 6.07) is 11.2. The van der Waals surface area contributed by atoms with Crippen molar-refractivity contribution in [1.29, 1.82) is 0 Å². The van der Waals surface area contributed by atoms with E-state index >= 15 is 0 Å². The van der Waals surface area contributed by atoms with Gasteiger partial charge in [0.1, 0.15) is 6.33 Å². The topological polar surface area (TPSA) is 78.3 Å². The molecular weight excluding hydrogens is 448 g/mol. The summed E-state index contributed by atoms with van der Waals surface area (Å²) < 4.78 is 13.3. The third-order valence-electron chi connectivity index (χ3n) is 5.33. The highest BCUT2D eigenvalue weighted by molar-refractivity contribution is 7.99. The van der Waals surface area contributed by atoms with E-state index in [1.165, 1.54) is 24.6 Å². The van der Waals surface area contributed by atoms with Crippen LogP contribution in [0.3, 0.4) is 0 Å². The number of thioether (sulfide) groups is 1. The maximum Gasteiger partial charge on any atom is 0.234 e. The number of halogens is 1. The van der Waals surface area contributed by atoms with E-state index in [2.05, 4.69) is 15.5 Å². The largest absolute Gasteiger partial charge is 0.493 e. The molecule has 1 aliphatic carbocycles. The lowest BCUT2D eigenvalue weighted by Gasteiger charge is -2.17. The zero-order valence-electron chi connectivity index (χ0n) is 18.0. The smallest absolute Gasteiger partial charge is 0.234 e. The summed E-state index contributed by atoms with van der Waals surface area (Å²) in [7, 11) is 1.61. The average molecular weight is 473 g/mol. The number of aryl methyl sites for hydroxylation is 1. The Morgan fingerprint density at radius 3 is 2.78 bits per heavy atom. The van der Waals surface area contributed by atoms with Crippen molar-refractivity contribution in [3.05, 3.63) is 53.3 Å². The quantitative estimate of drug-likeness (QED) is 0.449. The zero-order valence-corrected chi connectivity index (χ0v) is 19.6. The molecule has 1 aromatic heterocycles. The van der Waals surface area contributed by atoms with Gasteiger partial charge in [-0.3, -0.25) is 9.36 Å². The average Bonchev–Trinajstić information content (AvgIpc) is 3.46. The molecule has 2 aromatic carbocycles. The predicted molar refractivity (Wildman–Crippen MR) is 126 cm³/mol. The van der Waals surface area contributed by atoms with Gasteiger partial charge in [0.25, 0.3) is 0 Å². The number of aromatic nitrogens is 3. The maximum absolute atomic E-state index is 12.6. The van der Waals surface area contributed by atoms with Gasteiger partial charge in [0.05, 0.1) is 24.7 Å². The molecule has 0 aliphatic heterocycles. The van der Waals surface area contributed by atoms with Gasteiger partial charge in [-0.2, -0.15) is 0 Å². The first kappa shape index (κ1) is 22.5. The molecule has 1 saturated carbocycles. The lowest BCUT2D eigenvalue weighted by Crippen LogP contribution is -2.15. The minimum Gasteiger partial charge on any atom is -0.493 e. The Morgan fingerprint density at radius 1 is 1.22 bits per heavy atom. The minimum atomic E-state index is -0.150. The number of carbonyl (C=O) groups is 1. The lowest BCUT2D eigenvalue weighted by molar-refractivity contribution is -0.113. The first-order valence-corrected chi connectivity index (χ1v) is 11.8. The van der Waals surface area contributed by atoms with E-state index in [1.54, 1.807) is 19.5 Å². The van der Waals surface area contributed by atoms with Gasteiger partial charge >= 0.3 is 0 Å². The van der Waals surface area contributed by atoms with Gasteiger partial charge in [-0.25, -0.2) is 0 Å². The Balaban J connectivity index is 1.39. The number of benzene rings is 2. The Kier molecular flexibility index (Phi) is 7.22. The zero-order chi connectivity index (χ0) is 22.5. The fourth-order valence-electron chi connectivity index (χ4n) is 3.59. The highest BCUT2D eigenvalue weighted by Crippen LogP contribution is 2.34. The number of nitrogens with zero attached hydrogens (tertiary/aromatic N) is 3. The number of ether oxygens (including phenoxy) is 2. The van der Waals surface area contributed by atoms with Crippen molar-refractivity contribution in [2.24, 2.45) is 0 Å². The summed E-state index contributed by atoms with van der Waals surface area (Å²) >= 11 is 7.55. The summed E-state index contributed by atoms with van der Waals surface area (Å²) in [6.07, 6.45) is 6.26. The molecular formula is C23H25ClN4O3S. The van der Waals surface area contributed by atoms with Crippen molar-refractivity contribution in [2.45, 2.75) is 43.9 Å². The summed E-state index contributed by atoms with van der Waals surface area (Å²) in [5, 5.41) is 12.3. The maximum atomic E-state index is 12.6. The minimum absolute atomic E-state index is 0.150. The van der Waals surface area contributed by atoms with Crippen LogP contribution in [-0.4, -0.2) is 39.6 Å². The molecule has 1 amide bonds. The Bertz CT molecular complexity index is 1100. The number of hydrogen-bond acceptors (Lipinski definition) is 6. The van der Waals surface area contributed by atoms with Crippen molar-refractivity contribution >= 4 is 35.0 Å². The summed E-state index contributed by atoms with van der Waals surface area (Å²) in [4.78, 5) is 12.6. The predicted octanol–water partition coefficient (Wildman–Crippen LogP) is 5.29. The molecule has 168 valence electrons. The molecule has 3 aromatic rings. The van der Waals surface area contributed by atoms with Crippen LogP contribution in [0.2, 0.25) is 5.02 Å². The monoisotopic (exact) mass is 472 g/mol. The molecule has 1 aliphatic rings. The van der Waals surface area contributed by atoms with E-state index in [1.807, 2.05) is 41.8 Å². The Morgan fingerprint density at radius 2 is 2.03 bits per heavy atom. The van der Waals surface area contributed by atoms with Crippen LogP contribution >= 0.6 is 23.4 Å². The lowest BCUT2D eigenvalue weighted by atomic mass is 10.2. The molecule has 0 saturated heterocycles. The molecule has 1 heterocycles. The van der Waals surface area contributed by atoms with Gasteiger partial charge in [-0.1, -0.05) is 29.4 Å².